The lowest BCUT2D eigenvalue weighted by Crippen LogP contribution is -2.31. The maximum Gasteiger partial charge on any atom is 0.247 e. The molecule has 1 aliphatic carbocycles. The smallest absolute Gasteiger partial charge is 0.247 e. The van der Waals surface area contributed by atoms with Crippen LogP contribution in [-0.4, -0.2) is 23.6 Å². The lowest BCUT2D eigenvalue weighted by molar-refractivity contribution is -0.127. The molecule has 128 valence electrons. The number of rotatable bonds is 5. The summed E-state index contributed by atoms with van der Waals surface area (Å²) in [5, 5.41) is 0. The molecule has 1 amide bonds. The highest BCUT2D eigenvalue weighted by Gasteiger charge is 2.31. The van der Waals surface area contributed by atoms with Crippen LogP contribution in [0.3, 0.4) is 0 Å². The minimum atomic E-state index is 0.0418. The fourth-order valence-corrected chi connectivity index (χ4v) is 3.33. The molecular formula is C20H18BrNO3. The Labute approximate surface area is 155 Å². The zero-order valence-corrected chi connectivity index (χ0v) is 15.2. The number of ether oxygens (including phenoxy) is 2. The van der Waals surface area contributed by atoms with E-state index in [0.29, 0.717) is 12.6 Å². The number of carbonyl (C=O) groups is 1. The Balaban J connectivity index is 1.47. The number of hydrogen-bond acceptors (Lipinski definition) is 3. The van der Waals surface area contributed by atoms with E-state index in [4.69, 9.17) is 9.47 Å². The molecule has 2 aliphatic rings. The van der Waals surface area contributed by atoms with Gasteiger partial charge in [-0.3, -0.25) is 4.79 Å². The molecule has 0 aromatic heterocycles. The van der Waals surface area contributed by atoms with Crippen molar-refractivity contribution in [1.29, 1.82) is 0 Å². The van der Waals surface area contributed by atoms with Gasteiger partial charge in [0.1, 0.15) is 0 Å². The molecule has 4 nitrogen and oxygen atoms in total. The van der Waals surface area contributed by atoms with Crippen LogP contribution in [0.4, 0.5) is 0 Å². The molecule has 0 spiro atoms. The number of fused-ring (bicyclic) bond motifs is 1. The molecule has 1 fully saturated rings. The van der Waals surface area contributed by atoms with Gasteiger partial charge in [0.05, 0.1) is 0 Å². The van der Waals surface area contributed by atoms with Crippen LogP contribution in [0.25, 0.3) is 6.08 Å². The maximum atomic E-state index is 12.7. The number of amides is 1. The van der Waals surface area contributed by atoms with Crippen molar-refractivity contribution < 1.29 is 14.3 Å². The van der Waals surface area contributed by atoms with Crippen LogP contribution >= 0.6 is 15.9 Å². The summed E-state index contributed by atoms with van der Waals surface area (Å²) >= 11 is 3.49. The normalized spacial score (nSPS) is 15.6. The molecule has 1 saturated carbocycles. The molecule has 2 aromatic rings. The first kappa shape index (κ1) is 16.2. The summed E-state index contributed by atoms with van der Waals surface area (Å²) < 4.78 is 11.7. The topological polar surface area (TPSA) is 38.8 Å². The van der Waals surface area contributed by atoms with Crippen LogP contribution in [0.15, 0.2) is 53.0 Å². The van der Waals surface area contributed by atoms with E-state index in [1.807, 2.05) is 41.3 Å². The molecule has 4 rings (SSSR count). The highest BCUT2D eigenvalue weighted by molar-refractivity contribution is 9.10. The summed E-state index contributed by atoms with van der Waals surface area (Å²) in [6, 6.07) is 14.1. The third kappa shape index (κ3) is 3.87. The van der Waals surface area contributed by atoms with Gasteiger partial charge in [0.2, 0.25) is 12.7 Å². The van der Waals surface area contributed by atoms with Gasteiger partial charge in [-0.1, -0.05) is 34.1 Å². The first-order valence-corrected chi connectivity index (χ1v) is 9.11. The lowest BCUT2D eigenvalue weighted by Gasteiger charge is -2.21. The van der Waals surface area contributed by atoms with Crippen molar-refractivity contribution in [1.82, 2.24) is 4.90 Å². The summed E-state index contributed by atoms with van der Waals surface area (Å²) in [4.78, 5) is 14.6. The second kappa shape index (κ2) is 6.92. The zero-order chi connectivity index (χ0) is 17.2. The standard InChI is InChI=1S/C20H18BrNO3/c21-16-3-1-2-15(10-16)12-22(17-6-7-17)20(23)9-5-14-4-8-18-19(11-14)25-13-24-18/h1-5,8-11,17H,6-7,12-13H2/b9-5+. The van der Waals surface area contributed by atoms with Gasteiger partial charge in [-0.15, -0.1) is 0 Å². The van der Waals surface area contributed by atoms with E-state index in [1.54, 1.807) is 6.08 Å². The maximum absolute atomic E-state index is 12.7. The van der Waals surface area contributed by atoms with Crippen molar-refractivity contribution in [3.8, 4) is 11.5 Å². The third-order valence-electron chi connectivity index (χ3n) is 4.33. The van der Waals surface area contributed by atoms with E-state index < -0.39 is 0 Å². The zero-order valence-electron chi connectivity index (χ0n) is 13.7. The predicted molar refractivity (Wildman–Crippen MR) is 99.3 cm³/mol. The minimum Gasteiger partial charge on any atom is -0.454 e. The summed E-state index contributed by atoms with van der Waals surface area (Å²) in [5.41, 5.74) is 2.06. The fraction of sp³-hybridized carbons (Fsp3) is 0.250. The van der Waals surface area contributed by atoms with Gasteiger partial charge >= 0.3 is 0 Å². The molecular weight excluding hydrogens is 382 g/mol. The second-order valence-corrected chi connectivity index (χ2v) is 7.19. The molecule has 5 heteroatoms. The molecule has 0 unspecified atom stereocenters. The van der Waals surface area contributed by atoms with Crippen LogP contribution in [0, 0.1) is 0 Å². The van der Waals surface area contributed by atoms with Crippen molar-refractivity contribution in [2.24, 2.45) is 0 Å². The van der Waals surface area contributed by atoms with Crippen LogP contribution in [0.2, 0.25) is 0 Å². The molecule has 0 saturated heterocycles. The van der Waals surface area contributed by atoms with Crippen LogP contribution in [-0.2, 0) is 11.3 Å². The van der Waals surface area contributed by atoms with Crippen LogP contribution in [0.5, 0.6) is 11.5 Å². The molecule has 0 bridgehead atoms. The highest BCUT2D eigenvalue weighted by Crippen LogP contribution is 2.33. The second-order valence-electron chi connectivity index (χ2n) is 6.27. The van der Waals surface area contributed by atoms with Crippen molar-refractivity contribution >= 4 is 27.9 Å². The monoisotopic (exact) mass is 399 g/mol. The molecule has 2 aromatic carbocycles. The van der Waals surface area contributed by atoms with E-state index in [2.05, 4.69) is 28.1 Å². The number of carbonyl (C=O) groups excluding carboxylic acids is 1. The van der Waals surface area contributed by atoms with Gasteiger partial charge in [-0.2, -0.15) is 0 Å². The molecule has 25 heavy (non-hydrogen) atoms. The first-order valence-electron chi connectivity index (χ1n) is 8.32. The van der Waals surface area contributed by atoms with Crippen LogP contribution in [0.1, 0.15) is 24.0 Å². The van der Waals surface area contributed by atoms with Gasteiger partial charge in [0, 0.05) is 23.1 Å². The average Bonchev–Trinajstić information content (AvgIpc) is 3.34. The van der Waals surface area contributed by atoms with E-state index in [0.717, 1.165) is 39.9 Å². The third-order valence-corrected chi connectivity index (χ3v) is 4.82. The molecule has 1 heterocycles. The largest absolute Gasteiger partial charge is 0.454 e. The predicted octanol–water partition coefficient (Wildman–Crippen LogP) is 4.38. The van der Waals surface area contributed by atoms with Gasteiger partial charge in [0.25, 0.3) is 0 Å². The van der Waals surface area contributed by atoms with Crippen molar-refractivity contribution in [2.45, 2.75) is 25.4 Å². The van der Waals surface area contributed by atoms with E-state index in [1.165, 1.54) is 0 Å². The minimum absolute atomic E-state index is 0.0418. The fourth-order valence-electron chi connectivity index (χ4n) is 2.89. The Morgan fingerprint density at radius 3 is 2.80 bits per heavy atom. The summed E-state index contributed by atoms with van der Waals surface area (Å²) in [6.07, 6.45) is 5.64. The van der Waals surface area contributed by atoms with Gasteiger partial charge in [-0.05, 0) is 54.3 Å². The Hall–Kier alpha value is -2.27. The summed E-state index contributed by atoms with van der Waals surface area (Å²) in [5.74, 6) is 1.51. The van der Waals surface area contributed by atoms with Crippen molar-refractivity contribution in [3.05, 3.63) is 64.1 Å². The van der Waals surface area contributed by atoms with Gasteiger partial charge < -0.3 is 14.4 Å². The number of nitrogens with zero attached hydrogens (tertiary/aromatic N) is 1. The number of benzene rings is 2. The summed E-state index contributed by atoms with van der Waals surface area (Å²) in [6.45, 7) is 0.887. The molecule has 0 N–H and O–H groups in total. The quantitative estimate of drug-likeness (QED) is 0.700. The molecule has 0 radical (unpaired) electrons. The van der Waals surface area contributed by atoms with Gasteiger partial charge in [-0.25, -0.2) is 0 Å². The Morgan fingerprint density at radius 2 is 2.00 bits per heavy atom. The average molecular weight is 400 g/mol. The van der Waals surface area contributed by atoms with Crippen molar-refractivity contribution in [3.63, 3.8) is 0 Å². The Morgan fingerprint density at radius 1 is 1.16 bits per heavy atom. The Bertz CT molecular complexity index is 829. The van der Waals surface area contributed by atoms with Crippen LogP contribution < -0.4 is 9.47 Å². The summed E-state index contributed by atoms with van der Waals surface area (Å²) in [7, 11) is 0. The number of halogens is 1. The van der Waals surface area contributed by atoms with Gasteiger partial charge in [0.15, 0.2) is 11.5 Å². The van der Waals surface area contributed by atoms with E-state index >= 15 is 0 Å². The van der Waals surface area contributed by atoms with E-state index in [-0.39, 0.29) is 12.7 Å². The number of hydrogen-bond donors (Lipinski definition) is 0. The molecule has 1 aliphatic heterocycles. The lowest BCUT2D eigenvalue weighted by atomic mass is 10.1. The Kier molecular flexibility index (Phi) is 4.49. The first-order chi connectivity index (χ1) is 12.2. The SMILES string of the molecule is O=C(/C=C/c1ccc2c(c1)OCO2)N(Cc1cccc(Br)c1)C1CC1. The van der Waals surface area contributed by atoms with E-state index in [9.17, 15) is 4.79 Å². The highest BCUT2D eigenvalue weighted by atomic mass is 79.9. The molecule has 0 atom stereocenters. The van der Waals surface area contributed by atoms with Crippen molar-refractivity contribution in [2.75, 3.05) is 6.79 Å².